The van der Waals surface area contributed by atoms with Gasteiger partial charge in [0.25, 0.3) is 0 Å². The maximum atomic E-state index is 13.7. The number of hydrogen-bond acceptors (Lipinski definition) is 0. The predicted octanol–water partition coefficient (Wildman–Crippen LogP) is 5.18. The second-order valence-corrected chi connectivity index (χ2v) is 4.23. The van der Waals surface area contributed by atoms with Gasteiger partial charge in [-0.2, -0.15) is 26.3 Å². The maximum Gasteiger partial charge on any atom is 0.435 e. The van der Waals surface area contributed by atoms with E-state index in [9.17, 15) is 30.7 Å². The molecule has 0 unspecified atom stereocenters. The largest absolute Gasteiger partial charge is 0.435 e. The smallest absolute Gasteiger partial charge is 0.218 e. The summed E-state index contributed by atoms with van der Waals surface area (Å²) in [6, 6.07) is 1.48. The molecule has 110 valence electrons. The van der Waals surface area contributed by atoms with E-state index in [-0.39, 0.29) is 11.6 Å². The minimum atomic E-state index is -6.21. The fourth-order valence-corrected chi connectivity index (χ4v) is 1.75. The second kappa shape index (κ2) is 5.34. The molecular formula is C11H3Cl2F7. The molecule has 9 heteroatoms. The zero-order chi connectivity index (χ0) is 15.8. The van der Waals surface area contributed by atoms with Crippen LogP contribution in [0.25, 0.3) is 0 Å². The first-order valence-corrected chi connectivity index (χ1v) is 5.44. The average molecular weight is 339 g/mol. The van der Waals surface area contributed by atoms with Gasteiger partial charge in [-0.05, 0) is 35.7 Å². The lowest BCUT2D eigenvalue weighted by atomic mass is 9.93. The Morgan fingerprint density at radius 3 is 1.75 bits per heavy atom. The summed E-state index contributed by atoms with van der Waals surface area (Å²) in [5, 5.41) is 1.21. The summed E-state index contributed by atoms with van der Waals surface area (Å²) in [5.74, 6) is 1.99. The van der Waals surface area contributed by atoms with E-state index in [0.717, 1.165) is 6.07 Å². The van der Waals surface area contributed by atoms with Crippen LogP contribution in [0.1, 0.15) is 11.1 Å². The van der Waals surface area contributed by atoms with Crippen molar-refractivity contribution in [3.63, 3.8) is 0 Å². The van der Waals surface area contributed by atoms with Crippen LogP contribution in [0.4, 0.5) is 30.7 Å². The molecule has 0 saturated carbocycles. The summed E-state index contributed by atoms with van der Waals surface area (Å²) in [7, 11) is 0. The Labute approximate surface area is 118 Å². The molecule has 0 saturated heterocycles. The first kappa shape index (κ1) is 16.9. The van der Waals surface area contributed by atoms with E-state index in [0.29, 0.717) is 6.07 Å². The predicted molar refractivity (Wildman–Crippen MR) is 59.1 cm³/mol. The number of halogens is 9. The summed E-state index contributed by atoms with van der Waals surface area (Å²) in [4.78, 5) is 0. The number of hydrogen-bond donors (Lipinski definition) is 0. The van der Waals surface area contributed by atoms with Crippen molar-refractivity contribution in [2.24, 2.45) is 0 Å². The summed E-state index contributed by atoms with van der Waals surface area (Å²) in [6.07, 6.45) is -12.4. The molecule has 0 radical (unpaired) electrons. The highest BCUT2D eigenvalue weighted by molar-refractivity contribution is 6.31. The van der Waals surface area contributed by atoms with E-state index in [2.05, 4.69) is 0 Å². The molecular weight excluding hydrogens is 336 g/mol. The van der Waals surface area contributed by atoms with Crippen molar-refractivity contribution in [2.75, 3.05) is 0 Å². The van der Waals surface area contributed by atoms with Gasteiger partial charge in [0.05, 0.1) is 0 Å². The molecule has 1 aromatic rings. The van der Waals surface area contributed by atoms with E-state index in [4.69, 9.17) is 23.2 Å². The van der Waals surface area contributed by atoms with Crippen LogP contribution in [0.2, 0.25) is 5.02 Å². The molecule has 0 fully saturated rings. The van der Waals surface area contributed by atoms with Gasteiger partial charge in [-0.25, -0.2) is 4.39 Å². The molecule has 1 rings (SSSR count). The van der Waals surface area contributed by atoms with Gasteiger partial charge < -0.3 is 0 Å². The Balaban J connectivity index is 3.62. The van der Waals surface area contributed by atoms with Gasteiger partial charge in [0.2, 0.25) is 0 Å². The fraction of sp³-hybridized carbons (Fsp3) is 0.273. The highest BCUT2D eigenvalue weighted by Gasteiger charge is 2.73. The zero-order valence-corrected chi connectivity index (χ0v) is 10.6. The molecule has 0 aliphatic rings. The lowest BCUT2D eigenvalue weighted by Crippen LogP contribution is -2.50. The van der Waals surface area contributed by atoms with Crippen LogP contribution < -0.4 is 0 Å². The molecule has 0 bridgehead atoms. The molecule has 0 nitrogen and oxygen atoms in total. The topological polar surface area (TPSA) is 0 Å². The Morgan fingerprint density at radius 2 is 1.35 bits per heavy atom. The van der Waals surface area contributed by atoms with Gasteiger partial charge in [0.1, 0.15) is 0 Å². The van der Waals surface area contributed by atoms with Crippen LogP contribution >= 0.6 is 23.2 Å². The average Bonchev–Trinajstić information content (AvgIpc) is 2.24. The van der Waals surface area contributed by atoms with Gasteiger partial charge in [-0.3, -0.25) is 0 Å². The number of rotatable bonds is 1. The fourth-order valence-electron chi connectivity index (χ4n) is 1.40. The Hall–Kier alpha value is -1.13. The summed E-state index contributed by atoms with van der Waals surface area (Å²) in [6.45, 7) is 0. The van der Waals surface area contributed by atoms with Crippen molar-refractivity contribution in [2.45, 2.75) is 18.0 Å². The molecule has 0 spiro atoms. The maximum absolute atomic E-state index is 13.7. The van der Waals surface area contributed by atoms with Gasteiger partial charge >= 0.3 is 18.0 Å². The molecule has 1 aromatic carbocycles. The standard InChI is InChI=1S/C11H3Cl2F7/c12-2-1-6-3-7(5-8(13)4-6)9(14,10(15,16)17)11(18,19)20/h3-5H. The molecule has 0 aliphatic carbocycles. The Bertz CT molecular complexity index is 549. The van der Waals surface area contributed by atoms with Crippen molar-refractivity contribution < 1.29 is 30.7 Å². The zero-order valence-electron chi connectivity index (χ0n) is 9.13. The SMILES string of the molecule is FC(F)(F)C(F)(c1cc(Cl)cc(C#CCl)c1)C(F)(F)F. The van der Waals surface area contributed by atoms with Gasteiger partial charge in [0.15, 0.2) is 0 Å². The van der Waals surface area contributed by atoms with Crippen LogP contribution in [0, 0.1) is 11.3 Å². The third-order valence-electron chi connectivity index (χ3n) is 2.27. The lowest BCUT2D eigenvalue weighted by molar-refractivity contribution is -0.348. The summed E-state index contributed by atoms with van der Waals surface area (Å²) >= 11 is 10.4. The first-order chi connectivity index (χ1) is 8.93. The van der Waals surface area contributed by atoms with Crippen molar-refractivity contribution in [3.8, 4) is 11.3 Å². The third kappa shape index (κ3) is 2.96. The van der Waals surface area contributed by atoms with Crippen molar-refractivity contribution in [3.05, 3.63) is 34.3 Å². The first-order valence-electron chi connectivity index (χ1n) is 4.68. The number of benzene rings is 1. The molecule has 0 heterocycles. The highest BCUT2D eigenvalue weighted by atomic mass is 35.5. The van der Waals surface area contributed by atoms with Crippen LogP contribution in [0.15, 0.2) is 18.2 Å². The molecule has 20 heavy (non-hydrogen) atoms. The molecule has 0 aromatic heterocycles. The van der Waals surface area contributed by atoms with E-state index < -0.39 is 28.6 Å². The molecule has 0 amide bonds. The summed E-state index contributed by atoms with van der Waals surface area (Å²) < 4.78 is 89.0. The normalized spacial score (nSPS) is 12.8. The van der Waals surface area contributed by atoms with Crippen molar-refractivity contribution in [1.82, 2.24) is 0 Å². The second-order valence-electron chi connectivity index (χ2n) is 3.60. The van der Waals surface area contributed by atoms with Gasteiger partial charge in [0, 0.05) is 21.5 Å². The van der Waals surface area contributed by atoms with Crippen LogP contribution in [-0.4, -0.2) is 12.4 Å². The van der Waals surface area contributed by atoms with Crippen molar-refractivity contribution >= 4 is 23.2 Å². The van der Waals surface area contributed by atoms with Crippen LogP contribution in [0.5, 0.6) is 0 Å². The van der Waals surface area contributed by atoms with Gasteiger partial charge in [-0.1, -0.05) is 11.6 Å². The quantitative estimate of drug-likeness (QED) is 0.489. The summed E-state index contributed by atoms with van der Waals surface area (Å²) in [5.41, 5.74) is -7.63. The van der Waals surface area contributed by atoms with E-state index in [1.165, 1.54) is 0 Å². The van der Waals surface area contributed by atoms with Crippen LogP contribution in [0.3, 0.4) is 0 Å². The van der Waals surface area contributed by atoms with E-state index >= 15 is 0 Å². The third-order valence-corrected chi connectivity index (χ3v) is 2.58. The number of alkyl halides is 7. The minimum Gasteiger partial charge on any atom is -0.218 e. The molecule has 0 aliphatic heterocycles. The van der Waals surface area contributed by atoms with Crippen LogP contribution in [-0.2, 0) is 5.67 Å². The Morgan fingerprint density at radius 1 is 0.850 bits per heavy atom. The van der Waals surface area contributed by atoms with E-state index in [1.54, 1.807) is 5.38 Å². The molecule has 0 atom stereocenters. The lowest BCUT2D eigenvalue weighted by Gasteiger charge is -2.30. The van der Waals surface area contributed by atoms with Gasteiger partial charge in [-0.15, -0.1) is 0 Å². The van der Waals surface area contributed by atoms with E-state index in [1.807, 2.05) is 5.92 Å². The minimum absolute atomic E-state index is 0.238. The Kier molecular flexibility index (Phi) is 4.52. The highest BCUT2D eigenvalue weighted by Crippen LogP contribution is 2.53. The van der Waals surface area contributed by atoms with Crippen molar-refractivity contribution in [1.29, 1.82) is 0 Å². The molecule has 0 N–H and O–H groups in total. The monoisotopic (exact) mass is 338 g/mol.